The maximum atomic E-state index is 5.18. The van der Waals surface area contributed by atoms with Gasteiger partial charge in [-0.15, -0.1) is 0 Å². The summed E-state index contributed by atoms with van der Waals surface area (Å²) in [5.41, 5.74) is 3.71. The van der Waals surface area contributed by atoms with E-state index in [1.54, 1.807) is 7.11 Å². The van der Waals surface area contributed by atoms with Gasteiger partial charge in [-0.3, -0.25) is 4.98 Å². The first kappa shape index (κ1) is 15.9. The molecule has 1 N–H and O–H groups in total. The summed E-state index contributed by atoms with van der Waals surface area (Å²) in [6, 6.07) is 10.5. The zero-order valence-corrected chi connectivity index (χ0v) is 13.6. The first-order valence-corrected chi connectivity index (χ1v) is 7.57. The Hall–Kier alpha value is -1.45. The lowest BCUT2D eigenvalue weighted by atomic mass is 9.89. The molecule has 114 valence electrons. The van der Waals surface area contributed by atoms with Crippen LogP contribution in [-0.2, 0) is 11.3 Å². The number of para-hydroxylation sites is 1. The lowest BCUT2D eigenvalue weighted by Gasteiger charge is -2.25. The molecule has 0 atom stereocenters. The number of hydrogen-bond acceptors (Lipinski definition) is 3. The molecular weight excluding hydrogens is 260 g/mol. The molecule has 0 aliphatic heterocycles. The molecule has 0 fully saturated rings. The molecule has 3 heteroatoms. The van der Waals surface area contributed by atoms with Crippen molar-refractivity contribution in [2.24, 2.45) is 5.41 Å². The SMILES string of the molecule is COCCC(C)(C)CNCc1cc(C)nc2ccccc12. The standard InChI is InChI=1S/C18H26N2O/c1-14-11-15(16-7-5-6-8-17(16)20-14)12-19-13-18(2,3)9-10-21-4/h5-8,11,19H,9-10,12-13H2,1-4H3. The minimum Gasteiger partial charge on any atom is -0.385 e. The number of fused-ring (bicyclic) bond motifs is 1. The molecule has 1 aromatic carbocycles. The second-order valence-corrected chi connectivity index (χ2v) is 6.45. The van der Waals surface area contributed by atoms with E-state index >= 15 is 0 Å². The Bertz CT molecular complexity index is 593. The monoisotopic (exact) mass is 286 g/mol. The summed E-state index contributed by atoms with van der Waals surface area (Å²) < 4.78 is 5.18. The summed E-state index contributed by atoms with van der Waals surface area (Å²) in [7, 11) is 1.76. The van der Waals surface area contributed by atoms with Gasteiger partial charge in [-0.05, 0) is 36.5 Å². The highest BCUT2D eigenvalue weighted by Gasteiger charge is 2.17. The van der Waals surface area contributed by atoms with E-state index in [9.17, 15) is 0 Å². The van der Waals surface area contributed by atoms with Gasteiger partial charge >= 0.3 is 0 Å². The van der Waals surface area contributed by atoms with Crippen LogP contribution < -0.4 is 5.32 Å². The zero-order chi connectivity index (χ0) is 15.3. The highest BCUT2D eigenvalue weighted by atomic mass is 16.5. The normalized spacial score (nSPS) is 12.0. The highest BCUT2D eigenvalue weighted by Crippen LogP contribution is 2.21. The van der Waals surface area contributed by atoms with Gasteiger partial charge in [0.15, 0.2) is 0 Å². The molecule has 0 aliphatic rings. The molecule has 0 amide bonds. The number of nitrogens with zero attached hydrogens (tertiary/aromatic N) is 1. The molecule has 21 heavy (non-hydrogen) atoms. The fraction of sp³-hybridized carbons (Fsp3) is 0.500. The molecule has 2 aromatic rings. The van der Waals surface area contributed by atoms with Crippen molar-refractivity contribution in [2.75, 3.05) is 20.3 Å². The number of hydrogen-bond donors (Lipinski definition) is 1. The molecule has 0 aliphatic carbocycles. The lowest BCUT2D eigenvalue weighted by Crippen LogP contribution is -2.30. The molecule has 1 aromatic heterocycles. The average molecular weight is 286 g/mol. The van der Waals surface area contributed by atoms with Gasteiger partial charge in [-0.25, -0.2) is 0 Å². The van der Waals surface area contributed by atoms with E-state index in [1.807, 2.05) is 6.07 Å². The van der Waals surface area contributed by atoms with Gasteiger partial charge < -0.3 is 10.1 Å². The minimum absolute atomic E-state index is 0.244. The van der Waals surface area contributed by atoms with E-state index in [4.69, 9.17) is 4.74 Å². The Morgan fingerprint density at radius 1 is 1.24 bits per heavy atom. The van der Waals surface area contributed by atoms with Crippen LogP contribution in [0.4, 0.5) is 0 Å². The Morgan fingerprint density at radius 2 is 2.00 bits per heavy atom. The van der Waals surface area contributed by atoms with Crippen LogP contribution in [0.25, 0.3) is 10.9 Å². The van der Waals surface area contributed by atoms with Crippen LogP contribution in [-0.4, -0.2) is 25.2 Å². The quantitative estimate of drug-likeness (QED) is 0.843. The van der Waals surface area contributed by atoms with Crippen molar-refractivity contribution in [3.8, 4) is 0 Å². The molecule has 0 spiro atoms. The van der Waals surface area contributed by atoms with E-state index < -0.39 is 0 Å². The van der Waals surface area contributed by atoms with Crippen LogP contribution in [0.5, 0.6) is 0 Å². The second-order valence-electron chi connectivity index (χ2n) is 6.45. The Kier molecular flexibility index (Phi) is 5.32. The number of aryl methyl sites for hydroxylation is 1. The van der Waals surface area contributed by atoms with E-state index in [0.29, 0.717) is 0 Å². The van der Waals surface area contributed by atoms with Crippen molar-refractivity contribution in [1.29, 1.82) is 0 Å². The summed E-state index contributed by atoms with van der Waals surface area (Å²) in [4.78, 5) is 4.59. The third-order valence-corrected chi connectivity index (χ3v) is 3.83. The van der Waals surface area contributed by atoms with E-state index in [1.165, 1.54) is 10.9 Å². The predicted molar refractivity (Wildman–Crippen MR) is 88.5 cm³/mol. The van der Waals surface area contributed by atoms with Crippen molar-refractivity contribution in [2.45, 2.75) is 33.7 Å². The van der Waals surface area contributed by atoms with E-state index in [2.05, 4.69) is 55.3 Å². The van der Waals surface area contributed by atoms with Gasteiger partial charge in [-0.1, -0.05) is 32.0 Å². The molecule has 3 nitrogen and oxygen atoms in total. The third-order valence-electron chi connectivity index (χ3n) is 3.83. The topological polar surface area (TPSA) is 34.1 Å². The van der Waals surface area contributed by atoms with Crippen LogP contribution in [0.1, 0.15) is 31.5 Å². The fourth-order valence-corrected chi connectivity index (χ4v) is 2.54. The molecule has 0 saturated carbocycles. The summed E-state index contributed by atoms with van der Waals surface area (Å²) in [6.45, 7) is 9.26. The number of rotatable bonds is 7. The first-order valence-electron chi connectivity index (χ1n) is 7.57. The number of pyridine rings is 1. The molecule has 0 radical (unpaired) electrons. The number of aromatic nitrogens is 1. The van der Waals surface area contributed by atoms with Gasteiger partial charge in [0.2, 0.25) is 0 Å². The van der Waals surface area contributed by atoms with Crippen LogP contribution >= 0.6 is 0 Å². The van der Waals surface area contributed by atoms with Crippen molar-refractivity contribution < 1.29 is 4.74 Å². The maximum Gasteiger partial charge on any atom is 0.0708 e. The van der Waals surface area contributed by atoms with Crippen LogP contribution in [0, 0.1) is 12.3 Å². The Labute approximate surface area is 127 Å². The molecule has 0 bridgehead atoms. The van der Waals surface area contributed by atoms with Crippen LogP contribution in [0.2, 0.25) is 0 Å². The second kappa shape index (κ2) is 7.01. The fourth-order valence-electron chi connectivity index (χ4n) is 2.54. The zero-order valence-electron chi connectivity index (χ0n) is 13.6. The summed E-state index contributed by atoms with van der Waals surface area (Å²) >= 11 is 0. The smallest absolute Gasteiger partial charge is 0.0708 e. The Balaban J connectivity index is 2.03. The van der Waals surface area contributed by atoms with Gasteiger partial charge in [0, 0.05) is 37.9 Å². The van der Waals surface area contributed by atoms with E-state index in [-0.39, 0.29) is 5.41 Å². The van der Waals surface area contributed by atoms with Crippen LogP contribution in [0.15, 0.2) is 30.3 Å². The number of benzene rings is 1. The Morgan fingerprint density at radius 3 is 2.76 bits per heavy atom. The minimum atomic E-state index is 0.244. The number of ether oxygens (including phenoxy) is 1. The third kappa shape index (κ3) is 4.51. The van der Waals surface area contributed by atoms with E-state index in [0.717, 1.165) is 37.3 Å². The predicted octanol–water partition coefficient (Wildman–Crippen LogP) is 3.70. The van der Waals surface area contributed by atoms with Crippen molar-refractivity contribution in [3.63, 3.8) is 0 Å². The average Bonchev–Trinajstić information content (AvgIpc) is 2.45. The van der Waals surface area contributed by atoms with Gasteiger partial charge in [-0.2, -0.15) is 0 Å². The molecule has 2 rings (SSSR count). The first-order chi connectivity index (χ1) is 10.0. The summed E-state index contributed by atoms with van der Waals surface area (Å²) in [5.74, 6) is 0. The molecule has 1 heterocycles. The highest BCUT2D eigenvalue weighted by molar-refractivity contribution is 5.82. The number of methoxy groups -OCH3 is 1. The summed E-state index contributed by atoms with van der Waals surface area (Å²) in [6.07, 6.45) is 1.06. The van der Waals surface area contributed by atoms with Crippen molar-refractivity contribution in [1.82, 2.24) is 10.3 Å². The number of nitrogens with one attached hydrogen (secondary N) is 1. The molecule has 0 unspecified atom stereocenters. The molecular formula is C18H26N2O. The summed E-state index contributed by atoms with van der Waals surface area (Å²) in [5, 5.41) is 4.83. The lowest BCUT2D eigenvalue weighted by molar-refractivity contribution is 0.150. The van der Waals surface area contributed by atoms with Gasteiger partial charge in [0.25, 0.3) is 0 Å². The van der Waals surface area contributed by atoms with Crippen LogP contribution in [0.3, 0.4) is 0 Å². The molecule has 0 saturated heterocycles. The maximum absolute atomic E-state index is 5.18. The van der Waals surface area contributed by atoms with Gasteiger partial charge in [0.05, 0.1) is 5.52 Å². The van der Waals surface area contributed by atoms with Crippen molar-refractivity contribution in [3.05, 3.63) is 41.6 Å². The largest absolute Gasteiger partial charge is 0.385 e. The van der Waals surface area contributed by atoms with Crippen molar-refractivity contribution >= 4 is 10.9 Å². The van der Waals surface area contributed by atoms with Gasteiger partial charge in [0.1, 0.15) is 0 Å².